The minimum absolute atomic E-state index is 0.233. The number of carbonyl (C=O) groups excluding carboxylic acids is 1. The first-order valence-electron chi connectivity index (χ1n) is 5.36. The van der Waals surface area contributed by atoms with E-state index in [-0.39, 0.29) is 13.0 Å². The molecular formula is C11H23NO4. The molecule has 96 valence electrons. The maximum absolute atomic E-state index is 11.4. The van der Waals surface area contributed by atoms with E-state index in [4.69, 9.17) is 9.84 Å². The first kappa shape index (κ1) is 15.2. The maximum atomic E-state index is 11.4. The molecule has 0 bridgehead atoms. The number of carbonyl (C=O) groups is 1. The second-order valence-corrected chi connectivity index (χ2v) is 5.54. The fourth-order valence-corrected chi connectivity index (χ4v) is 1.24. The van der Waals surface area contributed by atoms with Crippen LogP contribution < -0.4 is 5.32 Å². The molecule has 0 saturated heterocycles. The number of amides is 1. The summed E-state index contributed by atoms with van der Waals surface area (Å²) in [6, 6.07) is -0.505. The molecule has 0 aliphatic carbocycles. The normalized spacial score (nSPS) is 14.4. The van der Waals surface area contributed by atoms with E-state index in [0.717, 1.165) is 0 Å². The lowest BCUT2D eigenvalue weighted by Gasteiger charge is -2.26. The Labute approximate surface area is 96.8 Å². The Kier molecular flexibility index (Phi) is 5.22. The standard InChI is InChI=1S/C11H23NO4/c1-10(2,3)16-9(14)12-8(7-13)6-11(4,5)15/h8,13,15H,6-7H2,1-5H3,(H,12,14)/t8-/m0/s1. The summed E-state index contributed by atoms with van der Waals surface area (Å²) in [5, 5.41) is 21.1. The maximum Gasteiger partial charge on any atom is 0.407 e. The van der Waals surface area contributed by atoms with Gasteiger partial charge in [0.25, 0.3) is 0 Å². The molecular weight excluding hydrogens is 210 g/mol. The molecule has 0 aliphatic heterocycles. The van der Waals surface area contributed by atoms with E-state index in [1.165, 1.54) is 0 Å². The van der Waals surface area contributed by atoms with Crippen molar-refractivity contribution in [1.29, 1.82) is 0 Å². The molecule has 5 heteroatoms. The zero-order chi connectivity index (χ0) is 13.0. The first-order chi connectivity index (χ1) is 7.03. The van der Waals surface area contributed by atoms with Crippen LogP contribution in [0.2, 0.25) is 0 Å². The van der Waals surface area contributed by atoms with Crippen molar-refractivity contribution in [2.45, 2.75) is 58.3 Å². The van der Waals surface area contributed by atoms with E-state index in [0.29, 0.717) is 0 Å². The molecule has 5 nitrogen and oxygen atoms in total. The Hall–Kier alpha value is -0.810. The molecule has 0 rings (SSSR count). The lowest BCUT2D eigenvalue weighted by molar-refractivity contribution is 0.0322. The lowest BCUT2D eigenvalue weighted by Crippen LogP contribution is -2.44. The van der Waals surface area contributed by atoms with Crippen LogP contribution in [0.4, 0.5) is 4.79 Å². The summed E-state index contributed by atoms with van der Waals surface area (Å²) in [5.41, 5.74) is -1.51. The highest BCUT2D eigenvalue weighted by Crippen LogP contribution is 2.12. The third-order valence-corrected chi connectivity index (χ3v) is 1.69. The van der Waals surface area contributed by atoms with E-state index in [1.807, 2.05) is 0 Å². The number of hydrogen-bond donors (Lipinski definition) is 3. The minimum atomic E-state index is -0.942. The molecule has 0 aromatic rings. The van der Waals surface area contributed by atoms with Gasteiger partial charge in [0.05, 0.1) is 18.2 Å². The summed E-state index contributed by atoms with van der Waals surface area (Å²) in [6.45, 7) is 8.28. The van der Waals surface area contributed by atoms with Gasteiger partial charge in [-0.2, -0.15) is 0 Å². The van der Waals surface area contributed by atoms with Crippen molar-refractivity contribution >= 4 is 6.09 Å². The molecule has 0 aromatic heterocycles. The van der Waals surface area contributed by atoms with E-state index in [2.05, 4.69) is 5.32 Å². The number of aliphatic hydroxyl groups is 2. The van der Waals surface area contributed by atoms with E-state index in [9.17, 15) is 9.90 Å². The molecule has 0 aromatic carbocycles. The van der Waals surface area contributed by atoms with Crippen LogP contribution in [0.15, 0.2) is 0 Å². The summed E-state index contributed by atoms with van der Waals surface area (Å²) < 4.78 is 5.04. The fraction of sp³-hybridized carbons (Fsp3) is 0.909. The zero-order valence-corrected chi connectivity index (χ0v) is 10.7. The molecule has 0 aliphatic rings. The number of alkyl carbamates (subject to hydrolysis) is 1. The van der Waals surface area contributed by atoms with Crippen molar-refractivity contribution in [2.24, 2.45) is 0 Å². The Morgan fingerprint density at radius 2 is 1.81 bits per heavy atom. The van der Waals surface area contributed by atoms with Gasteiger partial charge in [-0.15, -0.1) is 0 Å². The van der Waals surface area contributed by atoms with Crippen molar-refractivity contribution in [1.82, 2.24) is 5.32 Å². The topological polar surface area (TPSA) is 78.8 Å². The van der Waals surface area contributed by atoms with Crippen molar-refractivity contribution < 1.29 is 19.7 Å². The quantitative estimate of drug-likeness (QED) is 0.677. The Bertz CT molecular complexity index is 227. The van der Waals surface area contributed by atoms with Gasteiger partial charge in [-0.3, -0.25) is 0 Å². The molecule has 0 radical (unpaired) electrons. The molecule has 0 unspecified atom stereocenters. The Morgan fingerprint density at radius 3 is 2.12 bits per heavy atom. The van der Waals surface area contributed by atoms with Gasteiger partial charge in [0, 0.05) is 0 Å². The summed E-state index contributed by atoms with van der Waals surface area (Å²) in [7, 11) is 0. The van der Waals surface area contributed by atoms with Crippen molar-refractivity contribution in [3.05, 3.63) is 0 Å². The average molecular weight is 233 g/mol. The number of nitrogens with one attached hydrogen (secondary N) is 1. The van der Waals surface area contributed by atoms with Gasteiger partial charge in [-0.1, -0.05) is 0 Å². The highest BCUT2D eigenvalue weighted by Gasteiger charge is 2.23. The van der Waals surface area contributed by atoms with Gasteiger partial charge in [0.15, 0.2) is 0 Å². The molecule has 1 amide bonds. The van der Waals surface area contributed by atoms with E-state index >= 15 is 0 Å². The molecule has 0 spiro atoms. The minimum Gasteiger partial charge on any atom is -0.444 e. The van der Waals surface area contributed by atoms with Crippen LogP contribution in [0.5, 0.6) is 0 Å². The van der Waals surface area contributed by atoms with Crippen LogP contribution in [0, 0.1) is 0 Å². The largest absolute Gasteiger partial charge is 0.444 e. The van der Waals surface area contributed by atoms with Gasteiger partial charge in [-0.25, -0.2) is 4.79 Å². The number of rotatable bonds is 4. The van der Waals surface area contributed by atoms with Gasteiger partial charge in [0.2, 0.25) is 0 Å². The predicted molar refractivity (Wildman–Crippen MR) is 61.2 cm³/mol. The first-order valence-corrected chi connectivity index (χ1v) is 5.36. The Balaban J connectivity index is 4.18. The SMILES string of the molecule is CC(C)(O)C[C@@H](CO)NC(=O)OC(C)(C)C. The monoisotopic (exact) mass is 233 g/mol. The van der Waals surface area contributed by atoms with Crippen molar-refractivity contribution in [3.63, 3.8) is 0 Å². The smallest absolute Gasteiger partial charge is 0.407 e. The summed E-state index contributed by atoms with van der Waals surface area (Å²) in [4.78, 5) is 11.4. The van der Waals surface area contributed by atoms with Crippen LogP contribution in [-0.2, 0) is 4.74 Å². The van der Waals surface area contributed by atoms with Crippen molar-refractivity contribution in [2.75, 3.05) is 6.61 Å². The van der Waals surface area contributed by atoms with Crippen LogP contribution in [-0.4, -0.2) is 40.2 Å². The summed E-state index contributed by atoms with van der Waals surface area (Å²) in [6.07, 6.45) is -0.321. The predicted octanol–water partition coefficient (Wildman–Crippen LogP) is 1.03. The van der Waals surface area contributed by atoms with Gasteiger partial charge in [0.1, 0.15) is 5.60 Å². The highest BCUT2D eigenvalue weighted by atomic mass is 16.6. The average Bonchev–Trinajstić information content (AvgIpc) is 1.96. The molecule has 0 saturated carbocycles. The third kappa shape index (κ3) is 8.49. The number of hydrogen-bond acceptors (Lipinski definition) is 4. The van der Waals surface area contributed by atoms with Crippen molar-refractivity contribution in [3.8, 4) is 0 Å². The molecule has 0 fully saturated rings. The number of aliphatic hydroxyl groups excluding tert-OH is 1. The van der Waals surface area contributed by atoms with E-state index < -0.39 is 23.3 Å². The zero-order valence-electron chi connectivity index (χ0n) is 10.7. The third-order valence-electron chi connectivity index (χ3n) is 1.69. The number of ether oxygens (including phenoxy) is 1. The second kappa shape index (κ2) is 5.50. The summed E-state index contributed by atoms with van der Waals surface area (Å²) >= 11 is 0. The molecule has 1 atom stereocenters. The molecule has 0 heterocycles. The fourth-order valence-electron chi connectivity index (χ4n) is 1.24. The van der Waals surface area contributed by atoms with Gasteiger partial charge < -0.3 is 20.3 Å². The van der Waals surface area contributed by atoms with Crippen LogP contribution in [0.1, 0.15) is 41.0 Å². The summed E-state index contributed by atoms with van der Waals surface area (Å²) in [5.74, 6) is 0. The van der Waals surface area contributed by atoms with Gasteiger partial charge >= 0.3 is 6.09 Å². The highest BCUT2D eigenvalue weighted by molar-refractivity contribution is 5.68. The van der Waals surface area contributed by atoms with Crippen LogP contribution in [0.25, 0.3) is 0 Å². The Morgan fingerprint density at radius 1 is 1.31 bits per heavy atom. The molecule has 16 heavy (non-hydrogen) atoms. The van der Waals surface area contributed by atoms with Crippen LogP contribution >= 0.6 is 0 Å². The molecule has 3 N–H and O–H groups in total. The van der Waals surface area contributed by atoms with Crippen LogP contribution in [0.3, 0.4) is 0 Å². The second-order valence-electron chi connectivity index (χ2n) is 5.54. The van der Waals surface area contributed by atoms with E-state index in [1.54, 1.807) is 34.6 Å². The van der Waals surface area contributed by atoms with Gasteiger partial charge in [-0.05, 0) is 41.0 Å². The lowest BCUT2D eigenvalue weighted by atomic mass is 10.00.